The van der Waals surface area contributed by atoms with Gasteiger partial charge in [-0.15, -0.1) is 0 Å². The summed E-state index contributed by atoms with van der Waals surface area (Å²) in [7, 11) is 0. The molecule has 0 aliphatic carbocycles. The van der Waals surface area contributed by atoms with E-state index in [0.29, 0.717) is 5.89 Å². The molecular formula is C12H14BrN3O. The maximum absolute atomic E-state index is 5.46. The summed E-state index contributed by atoms with van der Waals surface area (Å²) in [6.07, 6.45) is 3.53. The number of hydrogen-bond donors (Lipinski definition) is 1. The number of hydrogen-bond acceptors (Lipinski definition) is 4. The quantitative estimate of drug-likeness (QED) is 0.939. The van der Waals surface area contributed by atoms with Gasteiger partial charge in [-0.3, -0.25) is 0 Å². The Balaban J connectivity index is 2.15. The van der Waals surface area contributed by atoms with Crippen LogP contribution in [0.5, 0.6) is 0 Å². The maximum Gasteiger partial charge on any atom is 0.216 e. The molecule has 4 nitrogen and oxygen atoms in total. The third kappa shape index (κ3) is 2.85. The molecule has 17 heavy (non-hydrogen) atoms. The molecule has 2 aromatic heterocycles. The zero-order valence-electron chi connectivity index (χ0n) is 9.99. The van der Waals surface area contributed by atoms with Crippen LogP contribution in [0.2, 0.25) is 0 Å². The van der Waals surface area contributed by atoms with E-state index in [1.54, 1.807) is 6.20 Å². The molecule has 0 spiro atoms. The Bertz CT molecular complexity index is 524. The highest BCUT2D eigenvalue weighted by Gasteiger charge is 2.13. The van der Waals surface area contributed by atoms with E-state index in [4.69, 9.17) is 4.42 Å². The first-order valence-electron chi connectivity index (χ1n) is 5.37. The molecule has 0 aromatic carbocycles. The summed E-state index contributed by atoms with van der Waals surface area (Å²) in [6, 6.07) is 2.00. The van der Waals surface area contributed by atoms with E-state index in [9.17, 15) is 0 Å². The van der Waals surface area contributed by atoms with Gasteiger partial charge in [0.15, 0.2) is 0 Å². The fourth-order valence-corrected chi connectivity index (χ4v) is 2.06. The summed E-state index contributed by atoms with van der Waals surface area (Å²) in [6.45, 7) is 5.87. The number of rotatable bonds is 3. The minimum atomic E-state index is -0.0183. The van der Waals surface area contributed by atoms with Crippen molar-refractivity contribution in [2.45, 2.75) is 26.8 Å². The molecule has 0 aliphatic rings. The Morgan fingerprint density at radius 2 is 2.06 bits per heavy atom. The van der Waals surface area contributed by atoms with Crippen molar-refractivity contribution in [1.29, 1.82) is 0 Å². The van der Waals surface area contributed by atoms with Crippen LogP contribution in [0, 0.1) is 13.8 Å². The third-order valence-electron chi connectivity index (χ3n) is 2.34. The Morgan fingerprint density at radius 3 is 2.65 bits per heavy atom. The van der Waals surface area contributed by atoms with Crippen LogP contribution in [-0.2, 0) is 0 Å². The van der Waals surface area contributed by atoms with Crippen LogP contribution < -0.4 is 5.32 Å². The highest BCUT2D eigenvalue weighted by atomic mass is 79.9. The van der Waals surface area contributed by atoms with Gasteiger partial charge >= 0.3 is 0 Å². The summed E-state index contributed by atoms with van der Waals surface area (Å²) >= 11 is 3.48. The number of halogens is 1. The van der Waals surface area contributed by atoms with E-state index in [2.05, 4.69) is 31.2 Å². The Labute approximate surface area is 109 Å². The molecule has 2 aromatic rings. The smallest absolute Gasteiger partial charge is 0.216 e. The van der Waals surface area contributed by atoms with Gasteiger partial charge in [-0.05, 0) is 48.3 Å². The molecule has 0 saturated heterocycles. The molecular weight excluding hydrogens is 282 g/mol. The lowest BCUT2D eigenvalue weighted by Crippen LogP contribution is -2.08. The lowest BCUT2D eigenvalue weighted by atomic mass is 10.3. The van der Waals surface area contributed by atoms with Gasteiger partial charge in [-0.1, -0.05) is 0 Å². The minimum absolute atomic E-state index is 0.0183. The molecule has 0 saturated carbocycles. The molecule has 2 heterocycles. The second kappa shape index (κ2) is 4.87. The number of oxazole rings is 1. The van der Waals surface area contributed by atoms with Crippen molar-refractivity contribution in [2.24, 2.45) is 0 Å². The molecule has 0 bridgehead atoms. The van der Waals surface area contributed by atoms with Gasteiger partial charge in [0.1, 0.15) is 17.6 Å². The van der Waals surface area contributed by atoms with Crippen LogP contribution in [0.1, 0.15) is 30.2 Å². The summed E-state index contributed by atoms with van der Waals surface area (Å²) in [4.78, 5) is 8.51. The predicted octanol–water partition coefficient (Wildman–Crippen LogP) is 3.62. The Hall–Kier alpha value is -1.36. The zero-order valence-corrected chi connectivity index (χ0v) is 11.6. The molecule has 2 rings (SSSR count). The highest BCUT2D eigenvalue weighted by Crippen LogP contribution is 2.24. The van der Waals surface area contributed by atoms with Crippen LogP contribution in [0.15, 0.2) is 27.3 Å². The number of aryl methyl sites for hydroxylation is 2. The molecule has 1 unspecified atom stereocenters. The average molecular weight is 296 g/mol. The summed E-state index contributed by atoms with van der Waals surface area (Å²) < 4.78 is 6.40. The third-order valence-corrected chi connectivity index (χ3v) is 2.95. The topological polar surface area (TPSA) is 51.0 Å². The largest absolute Gasteiger partial charge is 0.444 e. The van der Waals surface area contributed by atoms with Gasteiger partial charge in [0.2, 0.25) is 5.89 Å². The number of aromatic nitrogens is 2. The second-order valence-corrected chi connectivity index (χ2v) is 4.87. The van der Waals surface area contributed by atoms with Crippen LogP contribution in [0.4, 0.5) is 5.82 Å². The Kier molecular flexibility index (Phi) is 3.47. The summed E-state index contributed by atoms with van der Waals surface area (Å²) in [5.74, 6) is 2.26. The van der Waals surface area contributed by atoms with Crippen LogP contribution in [-0.4, -0.2) is 9.97 Å². The summed E-state index contributed by atoms with van der Waals surface area (Å²) in [5, 5.41) is 3.25. The first kappa shape index (κ1) is 12.1. The van der Waals surface area contributed by atoms with Crippen LogP contribution in [0.25, 0.3) is 0 Å². The average Bonchev–Trinajstić information content (AvgIpc) is 2.69. The molecule has 1 atom stereocenters. The SMILES string of the molecule is Cc1cnc(NC(C)c2ncc(C)o2)c(Br)c1. The molecule has 0 radical (unpaired) electrons. The van der Waals surface area contributed by atoms with Crippen LogP contribution in [0.3, 0.4) is 0 Å². The van der Waals surface area contributed by atoms with Crippen molar-refractivity contribution in [3.63, 3.8) is 0 Å². The van der Waals surface area contributed by atoms with Crippen molar-refractivity contribution < 1.29 is 4.42 Å². The fraction of sp³-hybridized carbons (Fsp3) is 0.333. The summed E-state index contributed by atoms with van der Waals surface area (Å²) in [5.41, 5.74) is 1.11. The normalized spacial score (nSPS) is 12.5. The predicted molar refractivity (Wildman–Crippen MR) is 70.0 cm³/mol. The van der Waals surface area contributed by atoms with E-state index in [1.165, 1.54) is 0 Å². The highest BCUT2D eigenvalue weighted by molar-refractivity contribution is 9.10. The number of nitrogens with zero attached hydrogens (tertiary/aromatic N) is 2. The van der Waals surface area contributed by atoms with Gasteiger partial charge in [0.05, 0.1) is 10.7 Å². The van der Waals surface area contributed by atoms with Gasteiger partial charge in [0, 0.05) is 6.20 Å². The first-order valence-corrected chi connectivity index (χ1v) is 6.16. The maximum atomic E-state index is 5.46. The van der Waals surface area contributed by atoms with E-state index in [0.717, 1.165) is 21.6 Å². The van der Waals surface area contributed by atoms with Crippen molar-refractivity contribution in [1.82, 2.24) is 9.97 Å². The van der Waals surface area contributed by atoms with E-state index in [1.807, 2.05) is 33.0 Å². The first-order chi connectivity index (χ1) is 8.06. The van der Waals surface area contributed by atoms with Gasteiger partial charge in [-0.25, -0.2) is 9.97 Å². The van der Waals surface area contributed by atoms with Gasteiger partial charge in [0.25, 0.3) is 0 Å². The van der Waals surface area contributed by atoms with Crippen molar-refractivity contribution in [3.8, 4) is 0 Å². The van der Waals surface area contributed by atoms with Crippen LogP contribution >= 0.6 is 15.9 Å². The number of anilines is 1. The standard InChI is InChI=1S/C12H14BrN3O/c1-7-4-10(13)11(14-5-7)16-9(3)12-15-6-8(2)17-12/h4-6,9H,1-3H3,(H,14,16). The monoisotopic (exact) mass is 295 g/mol. The molecule has 0 amide bonds. The molecule has 5 heteroatoms. The van der Waals surface area contributed by atoms with Gasteiger partial charge in [-0.2, -0.15) is 0 Å². The zero-order chi connectivity index (χ0) is 12.4. The van der Waals surface area contributed by atoms with Crippen molar-refractivity contribution in [2.75, 3.05) is 5.32 Å². The van der Waals surface area contributed by atoms with Gasteiger partial charge < -0.3 is 9.73 Å². The number of pyridine rings is 1. The van der Waals surface area contributed by atoms with E-state index < -0.39 is 0 Å². The lowest BCUT2D eigenvalue weighted by molar-refractivity contribution is 0.453. The minimum Gasteiger partial charge on any atom is -0.444 e. The molecule has 90 valence electrons. The van der Waals surface area contributed by atoms with Crippen molar-refractivity contribution >= 4 is 21.7 Å². The van der Waals surface area contributed by atoms with E-state index >= 15 is 0 Å². The molecule has 0 fully saturated rings. The molecule has 1 N–H and O–H groups in total. The van der Waals surface area contributed by atoms with Crippen molar-refractivity contribution in [3.05, 3.63) is 40.1 Å². The molecule has 0 aliphatic heterocycles. The fourth-order valence-electron chi connectivity index (χ4n) is 1.48. The van der Waals surface area contributed by atoms with E-state index in [-0.39, 0.29) is 6.04 Å². The number of nitrogens with one attached hydrogen (secondary N) is 1. The second-order valence-electron chi connectivity index (χ2n) is 4.02. The Morgan fingerprint density at radius 1 is 1.29 bits per heavy atom. The lowest BCUT2D eigenvalue weighted by Gasteiger charge is -2.12.